The van der Waals surface area contributed by atoms with E-state index in [1.54, 1.807) is 4.68 Å². The number of carbonyl (C=O) groups excluding carboxylic acids is 1. The second kappa shape index (κ2) is 8.04. The Morgan fingerprint density at radius 1 is 1.28 bits per heavy atom. The van der Waals surface area contributed by atoms with Crippen LogP contribution in [-0.4, -0.2) is 32.7 Å². The minimum absolute atomic E-state index is 0.241. The number of fused-ring (bicyclic) bond motifs is 1. The molecule has 148 valence electrons. The second-order valence-electron chi connectivity index (χ2n) is 6.45. The van der Waals surface area contributed by atoms with E-state index in [1.807, 2.05) is 62.4 Å². The average molecular weight is 455 g/mol. The van der Waals surface area contributed by atoms with Gasteiger partial charge in [0, 0.05) is 21.4 Å². The Kier molecular flexibility index (Phi) is 5.30. The van der Waals surface area contributed by atoms with Crippen LogP contribution in [0.25, 0.3) is 0 Å². The summed E-state index contributed by atoms with van der Waals surface area (Å²) >= 11 is 3.52. The summed E-state index contributed by atoms with van der Waals surface area (Å²) in [7, 11) is 0. The van der Waals surface area contributed by atoms with E-state index in [4.69, 9.17) is 4.74 Å². The molecule has 1 aromatic heterocycles. The predicted molar refractivity (Wildman–Crippen MR) is 113 cm³/mol. The zero-order valence-electron chi connectivity index (χ0n) is 15.9. The van der Waals surface area contributed by atoms with Gasteiger partial charge in [-0.1, -0.05) is 39.2 Å². The molecule has 0 radical (unpaired) electrons. The molecule has 0 bridgehead atoms. The molecule has 2 aromatic carbocycles. The molecular weight excluding hydrogens is 436 g/mol. The van der Waals surface area contributed by atoms with Crippen LogP contribution in [0.4, 0.5) is 11.6 Å². The molecule has 4 rings (SSSR count). The fourth-order valence-corrected chi connectivity index (χ4v) is 3.71. The van der Waals surface area contributed by atoms with Crippen molar-refractivity contribution in [1.29, 1.82) is 0 Å². The van der Waals surface area contributed by atoms with Crippen LogP contribution >= 0.6 is 15.9 Å². The fourth-order valence-electron chi connectivity index (χ4n) is 3.33. The lowest BCUT2D eigenvalue weighted by Gasteiger charge is -2.29. The number of amides is 1. The highest BCUT2D eigenvalue weighted by atomic mass is 79.9. The zero-order valence-corrected chi connectivity index (χ0v) is 17.5. The molecule has 29 heavy (non-hydrogen) atoms. The number of nitrogens with one attached hydrogen (secondary N) is 2. The molecule has 2 N–H and O–H groups in total. The Balaban J connectivity index is 1.83. The Morgan fingerprint density at radius 2 is 2.07 bits per heavy atom. The Bertz CT molecular complexity index is 1080. The summed E-state index contributed by atoms with van der Waals surface area (Å²) in [5.74, 6) is 0.892. The number of ether oxygens (including phenoxy) is 1. The van der Waals surface area contributed by atoms with Gasteiger partial charge in [0.05, 0.1) is 12.2 Å². The van der Waals surface area contributed by atoms with Crippen molar-refractivity contribution in [2.45, 2.75) is 19.9 Å². The molecule has 3 aromatic rings. The van der Waals surface area contributed by atoms with Crippen LogP contribution < -0.4 is 15.4 Å². The minimum Gasteiger partial charge on any atom is -0.494 e. The van der Waals surface area contributed by atoms with E-state index in [0.717, 1.165) is 10.0 Å². The highest BCUT2D eigenvalue weighted by Crippen LogP contribution is 2.40. The maximum absolute atomic E-state index is 13.3. The van der Waals surface area contributed by atoms with Gasteiger partial charge in [0.2, 0.25) is 5.95 Å². The summed E-state index contributed by atoms with van der Waals surface area (Å²) in [6.45, 7) is 4.25. The standard InChI is InChI=1S/C20H19BrN6O2/c1-3-29-16-10-9-13(21)11-15(16)18-17(12(2)22-20-24-25-26-27(18)20)19(28)23-14-7-5-4-6-8-14/h4-11,18H,3H2,1-2H3,(H,23,28)(H,22,24,26). The van der Waals surface area contributed by atoms with E-state index in [2.05, 4.69) is 42.1 Å². The van der Waals surface area contributed by atoms with Gasteiger partial charge in [-0.15, -0.1) is 0 Å². The summed E-state index contributed by atoms with van der Waals surface area (Å²) in [4.78, 5) is 13.3. The Hall–Kier alpha value is -3.20. The van der Waals surface area contributed by atoms with Crippen LogP contribution in [0.2, 0.25) is 0 Å². The molecule has 1 aliphatic rings. The van der Waals surface area contributed by atoms with Crippen molar-refractivity contribution < 1.29 is 9.53 Å². The number of anilines is 2. The first kappa shape index (κ1) is 19.1. The van der Waals surface area contributed by atoms with Gasteiger partial charge < -0.3 is 15.4 Å². The highest BCUT2D eigenvalue weighted by molar-refractivity contribution is 9.10. The Labute approximate surface area is 176 Å². The van der Waals surface area contributed by atoms with Crippen molar-refractivity contribution >= 4 is 33.5 Å². The SMILES string of the molecule is CCOc1ccc(Br)cc1C1C(C(=O)Nc2ccccc2)=C(C)Nc2nnnn21. The number of hydrogen-bond acceptors (Lipinski definition) is 6. The molecule has 9 heteroatoms. The molecule has 0 aliphatic carbocycles. The largest absolute Gasteiger partial charge is 0.494 e. The van der Waals surface area contributed by atoms with Crippen molar-refractivity contribution in [3.05, 3.63) is 69.8 Å². The van der Waals surface area contributed by atoms with Crippen LogP contribution in [0.3, 0.4) is 0 Å². The van der Waals surface area contributed by atoms with Crippen LogP contribution in [-0.2, 0) is 4.79 Å². The quantitative estimate of drug-likeness (QED) is 0.609. The normalized spacial score (nSPS) is 15.5. The van der Waals surface area contributed by atoms with E-state index in [0.29, 0.717) is 35.3 Å². The van der Waals surface area contributed by atoms with Crippen molar-refractivity contribution in [2.75, 3.05) is 17.2 Å². The Morgan fingerprint density at radius 3 is 2.83 bits per heavy atom. The van der Waals surface area contributed by atoms with Crippen molar-refractivity contribution in [3.63, 3.8) is 0 Å². The molecular formula is C20H19BrN6O2. The molecule has 1 aliphatic heterocycles. The average Bonchev–Trinajstić information content (AvgIpc) is 3.17. The summed E-state index contributed by atoms with van der Waals surface area (Å²) in [6.07, 6.45) is 0. The van der Waals surface area contributed by atoms with Crippen LogP contribution in [0.5, 0.6) is 5.75 Å². The molecule has 0 saturated heterocycles. The molecule has 0 fully saturated rings. The highest BCUT2D eigenvalue weighted by Gasteiger charge is 2.36. The van der Waals surface area contributed by atoms with E-state index < -0.39 is 6.04 Å². The lowest BCUT2D eigenvalue weighted by Crippen LogP contribution is -2.31. The van der Waals surface area contributed by atoms with Gasteiger partial charge in [0.1, 0.15) is 11.8 Å². The molecule has 8 nitrogen and oxygen atoms in total. The number of aromatic nitrogens is 4. The summed E-state index contributed by atoms with van der Waals surface area (Å²) in [5, 5.41) is 18.0. The van der Waals surface area contributed by atoms with Gasteiger partial charge in [0.15, 0.2) is 0 Å². The van der Waals surface area contributed by atoms with Gasteiger partial charge >= 0.3 is 0 Å². The monoisotopic (exact) mass is 454 g/mol. The number of allylic oxidation sites excluding steroid dienone is 1. The van der Waals surface area contributed by atoms with Crippen LogP contribution in [0.15, 0.2) is 64.3 Å². The first-order valence-corrected chi connectivity index (χ1v) is 9.92. The maximum atomic E-state index is 13.3. The maximum Gasteiger partial charge on any atom is 0.255 e. The van der Waals surface area contributed by atoms with Gasteiger partial charge in [0.25, 0.3) is 5.91 Å². The first-order valence-electron chi connectivity index (χ1n) is 9.12. The van der Waals surface area contributed by atoms with E-state index in [-0.39, 0.29) is 5.91 Å². The summed E-state index contributed by atoms with van der Waals surface area (Å²) in [6, 6.07) is 14.5. The third kappa shape index (κ3) is 3.73. The molecule has 1 amide bonds. The lowest BCUT2D eigenvalue weighted by atomic mass is 9.94. The number of para-hydroxylation sites is 1. The lowest BCUT2D eigenvalue weighted by molar-refractivity contribution is -0.113. The van der Waals surface area contributed by atoms with Gasteiger partial charge in [-0.2, -0.15) is 4.68 Å². The topological polar surface area (TPSA) is 94.0 Å². The first-order chi connectivity index (χ1) is 14.1. The number of hydrogen-bond donors (Lipinski definition) is 2. The van der Waals surface area contributed by atoms with Crippen LogP contribution in [0, 0.1) is 0 Å². The summed E-state index contributed by atoms with van der Waals surface area (Å²) < 4.78 is 8.30. The smallest absolute Gasteiger partial charge is 0.255 e. The molecule has 0 spiro atoms. The minimum atomic E-state index is -0.552. The van der Waals surface area contributed by atoms with Crippen molar-refractivity contribution in [1.82, 2.24) is 20.2 Å². The fraction of sp³-hybridized carbons (Fsp3) is 0.200. The molecule has 1 atom stereocenters. The van der Waals surface area contributed by atoms with Gasteiger partial charge in [-0.3, -0.25) is 4.79 Å². The zero-order chi connectivity index (χ0) is 20.4. The van der Waals surface area contributed by atoms with Crippen LogP contribution in [0.1, 0.15) is 25.5 Å². The van der Waals surface area contributed by atoms with E-state index >= 15 is 0 Å². The van der Waals surface area contributed by atoms with E-state index in [1.165, 1.54) is 0 Å². The van der Waals surface area contributed by atoms with Crippen molar-refractivity contribution in [3.8, 4) is 5.75 Å². The van der Waals surface area contributed by atoms with Gasteiger partial charge in [-0.25, -0.2) is 0 Å². The second-order valence-corrected chi connectivity index (χ2v) is 7.36. The molecule has 2 heterocycles. The van der Waals surface area contributed by atoms with Crippen molar-refractivity contribution in [2.24, 2.45) is 0 Å². The number of halogens is 1. The number of benzene rings is 2. The summed E-state index contributed by atoms with van der Waals surface area (Å²) in [5.41, 5.74) is 2.67. The molecule has 0 saturated carbocycles. The third-order valence-corrected chi connectivity index (χ3v) is 5.05. The number of carbonyl (C=O) groups is 1. The van der Waals surface area contributed by atoms with E-state index in [9.17, 15) is 4.79 Å². The molecule has 1 unspecified atom stereocenters. The number of nitrogens with zero attached hydrogens (tertiary/aromatic N) is 4. The number of rotatable bonds is 5. The number of tetrazole rings is 1. The third-order valence-electron chi connectivity index (χ3n) is 4.56. The predicted octanol–water partition coefficient (Wildman–Crippen LogP) is 3.76. The van der Waals surface area contributed by atoms with Gasteiger partial charge in [-0.05, 0) is 54.6 Å².